The van der Waals surface area contributed by atoms with Gasteiger partial charge in [0.2, 0.25) is 5.88 Å². The summed E-state index contributed by atoms with van der Waals surface area (Å²) in [7, 11) is 1.82. The predicted octanol–water partition coefficient (Wildman–Crippen LogP) is 2.25. The zero-order chi connectivity index (χ0) is 20.0. The van der Waals surface area contributed by atoms with Crippen molar-refractivity contribution >= 4 is 0 Å². The van der Waals surface area contributed by atoms with Gasteiger partial charge >= 0.3 is 0 Å². The number of nitrogens with one attached hydrogen (secondary N) is 1. The Labute approximate surface area is 166 Å². The Hall–Kier alpha value is -3.07. The Kier molecular flexibility index (Phi) is 4.39. The third kappa shape index (κ3) is 3.42. The van der Waals surface area contributed by atoms with Crippen LogP contribution in [0.4, 0.5) is 4.39 Å². The minimum Gasteiger partial charge on any atom is -0.507 e. The first kappa shape index (κ1) is 18.0. The van der Waals surface area contributed by atoms with Crippen molar-refractivity contribution in [3.8, 4) is 34.1 Å². The standard InChI is InChI=1S/C20H21FN6O2/c1-27-10-11(8-23-27)16-7-17(28)13(9-22-16)14-4-5-19(26-25-14)29-18-6-12-2-3-15(24-12)20(18)21/h4-5,7-10,12,15,18,20,24H,2-3,6H2,1H3,(H,22,28)/t12?,15?,18-,20+/m0/s1. The number of aromatic hydroxyl groups is 1. The van der Waals surface area contributed by atoms with E-state index in [2.05, 4.69) is 25.6 Å². The van der Waals surface area contributed by atoms with Gasteiger partial charge in [0.15, 0.2) is 6.17 Å². The van der Waals surface area contributed by atoms with Crippen LogP contribution in [0.1, 0.15) is 19.3 Å². The Balaban J connectivity index is 1.32. The van der Waals surface area contributed by atoms with E-state index in [1.54, 1.807) is 35.3 Å². The Morgan fingerprint density at radius 2 is 2.10 bits per heavy atom. The quantitative estimate of drug-likeness (QED) is 0.698. The maximum Gasteiger partial charge on any atom is 0.233 e. The highest BCUT2D eigenvalue weighted by atomic mass is 19.1. The topological polar surface area (TPSA) is 98.0 Å². The van der Waals surface area contributed by atoms with Crippen molar-refractivity contribution in [2.45, 2.75) is 43.6 Å². The molecular formula is C20H21FN6O2. The van der Waals surface area contributed by atoms with Gasteiger partial charge in [-0.2, -0.15) is 5.10 Å². The van der Waals surface area contributed by atoms with Crippen LogP contribution < -0.4 is 10.1 Å². The van der Waals surface area contributed by atoms with Crippen molar-refractivity contribution in [1.29, 1.82) is 0 Å². The van der Waals surface area contributed by atoms with Gasteiger partial charge < -0.3 is 15.2 Å². The summed E-state index contributed by atoms with van der Waals surface area (Å²) in [5.74, 6) is 0.322. The smallest absolute Gasteiger partial charge is 0.233 e. The van der Waals surface area contributed by atoms with Crippen molar-refractivity contribution in [2.24, 2.45) is 7.05 Å². The molecule has 9 heteroatoms. The fraction of sp³-hybridized carbons (Fsp3) is 0.400. The molecule has 8 nitrogen and oxygen atoms in total. The molecule has 0 spiro atoms. The third-order valence-corrected chi connectivity index (χ3v) is 5.60. The van der Waals surface area contributed by atoms with Crippen LogP contribution in [0.5, 0.6) is 11.6 Å². The van der Waals surface area contributed by atoms with E-state index >= 15 is 0 Å². The van der Waals surface area contributed by atoms with Crippen molar-refractivity contribution in [3.05, 3.63) is 36.8 Å². The molecule has 0 radical (unpaired) electrons. The summed E-state index contributed by atoms with van der Waals surface area (Å²) in [6.45, 7) is 0. The summed E-state index contributed by atoms with van der Waals surface area (Å²) in [5, 5.41) is 26.0. The fourth-order valence-electron chi connectivity index (χ4n) is 4.10. The van der Waals surface area contributed by atoms with Gasteiger partial charge in [-0.05, 0) is 18.9 Å². The molecule has 0 aliphatic carbocycles. The minimum absolute atomic E-state index is 0.0422. The molecule has 0 aromatic carbocycles. The van der Waals surface area contributed by atoms with Gasteiger partial charge in [-0.1, -0.05) is 0 Å². The number of aromatic nitrogens is 5. The number of aryl methyl sites for hydroxylation is 1. The van der Waals surface area contributed by atoms with Crippen LogP contribution >= 0.6 is 0 Å². The number of piperidine rings is 1. The molecule has 2 aliphatic heterocycles. The van der Waals surface area contributed by atoms with Crippen LogP contribution in [-0.2, 0) is 7.05 Å². The number of pyridine rings is 1. The molecular weight excluding hydrogens is 375 g/mol. The predicted molar refractivity (Wildman–Crippen MR) is 103 cm³/mol. The molecule has 2 unspecified atom stereocenters. The average Bonchev–Trinajstić information content (AvgIpc) is 3.33. The molecule has 2 N–H and O–H groups in total. The molecule has 2 fully saturated rings. The van der Waals surface area contributed by atoms with Gasteiger partial charge in [0.25, 0.3) is 0 Å². The van der Waals surface area contributed by atoms with Crippen LogP contribution in [0.25, 0.3) is 22.5 Å². The lowest BCUT2D eigenvalue weighted by atomic mass is 10.0. The van der Waals surface area contributed by atoms with Crippen molar-refractivity contribution in [1.82, 2.24) is 30.3 Å². The van der Waals surface area contributed by atoms with Crippen LogP contribution in [0.3, 0.4) is 0 Å². The molecule has 4 atom stereocenters. The van der Waals surface area contributed by atoms with Crippen LogP contribution in [-0.4, -0.2) is 54.4 Å². The van der Waals surface area contributed by atoms with E-state index in [-0.39, 0.29) is 17.7 Å². The highest BCUT2D eigenvalue weighted by Crippen LogP contribution is 2.33. The van der Waals surface area contributed by atoms with E-state index in [0.717, 1.165) is 18.4 Å². The largest absolute Gasteiger partial charge is 0.507 e. The van der Waals surface area contributed by atoms with Gasteiger partial charge in [-0.15, -0.1) is 10.2 Å². The normalized spacial score (nSPS) is 25.9. The Morgan fingerprint density at radius 3 is 2.83 bits per heavy atom. The molecule has 5 rings (SSSR count). The first-order valence-corrected chi connectivity index (χ1v) is 9.66. The number of halogens is 1. The number of ether oxygens (including phenoxy) is 1. The van der Waals surface area contributed by atoms with E-state index in [9.17, 15) is 9.50 Å². The number of alkyl halides is 1. The lowest BCUT2D eigenvalue weighted by Crippen LogP contribution is -2.51. The maximum absolute atomic E-state index is 14.5. The second kappa shape index (κ2) is 7.07. The summed E-state index contributed by atoms with van der Waals surface area (Å²) in [4.78, 5) is 4.38. The Morgan fingerprint density at radius 1 is 1.21 bits per heavy atom. The monoisotopic (exact) mass is 396 g/mol. The van der Waals surface area contributed by atoms with E-state index in [0.29, 0.717) is 29.4 Å². The second-order valence-electron chi connectivity index (χ2n) is 7.63. The lowest BCUT2D eigenvalue weighted by Gasteiger charge is -2.32. The molecule has 5 heterocycles. The molecule has 150 valence electrons. The molecule has 3 aromatic rings. The van der Waals surface area contributed by atoms with Crippen molar-refractivity contribution < 1.29 is 14.2 Å². The molecule has 0 amide bonds. The molecule has 2 aliphatic rings. The number of fused-ring (bicyclic) bond motifs is 2. The summed E-state index contributed by atoms with van der Waals surface area (Å²) in [5.41, 5.74) is 2.34. The summed E-state index contributed by atoms with van der Waals surface area (Å²) < 4.78 is 22.0. The van der Waals surface area contributed by atoms with Gasteiger partial charge in [0, 0.05) is 55.6 Å². The molecule has 3 aromatic heterocycles. The summed E-state index contributed by atoms with van der Waals surface area (Å²) in [6, 6.07) is 5.08. The zero-order valence-electron chi connectivity index (χ0n) is 15.9. The summed E-state index contributed by atoms with van der Waals surface area (Å²) in [6.07, 6.45) is 5.93. The first-order chi connectivity index (χ1) is 14.1. The van der Waals surface area contributed by atoms with Gasteiger partial charge in [-0.25, -0.2) is 4.39 Å². The molecule has 29 heavy (non-hydrogen) atoms. The highest BCUT2D eigenvalue weighted by Gasteiger charge is 2.43. The molecule has 0 saturated carbocycles. The summed E-state index contributed by atoms with van der Waals surface area (Å²) >= 11 is 0. The van der Waals surface area contributed by atoms with Crippen LogP contribution in [0.15, 0.2) is 36.8 Å². The first-order valence-electron chi connectivity index (χ1n) is 9.66. The van der Waals surface area contributed by atoms with Gasteiger partial charge in [-0.3, -0.25) is 9.67 Å². The van der Waals surface area contributed by atoms with E-state index in [1.165, 1.54) is 0 Å². The number of rotatable bonds is 4. The fourth-order valence-corrected chi connectivity index (χ4v) is 4.10. The van der Waals surface area contributed by atoms with Crippen molar-refractivity contribution in [2.75, 3.05) is 0 Å². The van der Waals surface area contributed by atoms with Crippen molar-refractivity contribution in [3.63, 3.8) is 0 Å². The minimum atomic E-state index is -1.05. The van der Waals surface area contributed by atoms with Crippen LogP contribution in [0.2, 0.25) is 0 Å². The SMILES string of the molecule is Cn1cc(-c2cc(O)c(-c3ccc(O[C@H]4CC5CCC(N5)[C@H]4F)nn3)cn2)cn1. The number of hydrogen-bond acceptors (Lipinski definition) is 7. The van der Waals surface area contributed by atoms with E-state index in [4.69, 9.17) is 4.74 Å². The average molecular weight is 396 g/mol. The Bertz CT molecular complexity index is 1020. The zero-order valence-corrected chi connectivity index (χ0v) is 15.9. The number of nitrogens with zero attached hydrogens (tertiary/aromatic N) is 5. The third-order valence-electron chi connectivity index (χ3n) is 5.60. The molecule has 2 saturated heterocycles. The van der Waals surface area contributed by atoms with Crippen LogP contribution in [0, 0.1) is 0 Å². The number of hydrogen-bond donors (Lipinski definition) is 2. The second-order valence-corrected chi connectivity index (χ2v) is 7.63. The van der Waals surface area contributed by atoms with E-state index < -0.39 is 12.3 Å². The maximum atomic E-state index is 14.5. The highest BCUT2D eigenvalue weighted by molar-refractivity contribution is 5.70. The van der Waals surface area contributed by atoms with Gasteiger partial charge in [0.1, 0.15) is 11.9 Å². The lowest BCUT2D eigenvalue weighted by molar-refractivity contribution is 0.0422. The van der Waals surface area contributed by atoms with Gasteiger partial charge in [0.05, 0.1) is 23.1 Å². The van der Waals surface area contributed by atoms with E-state index in [1.807, 2.05) is 13.2 Å². The molecule has 2 bridgehead atoms.